The van der Waals surface area contributed by atoms with Crippen LogP contribution in [0.15, 0.2) is 18.2 Å². The van der Waals surface area contributed by atoms with Crippen molar-refractivity contribution in [3.8, 4) is 0 Å². The third-order valence-electron chi connectivity index (χ3n) is 4.23. The molecule has 0 saturated heterocycles. The Kier molecular flexibility index (Phi) is 4.81. The molecule has 2 nitrogen and oxygen atoms in total. The lowest BCUT2D eigenvalue weighted by Crippen LogP contribution is -2.31. The smallest absolute Gasteiger partial charge is 0.103 e. The summed E-state index contributed by atoms with van der Waals surface area (Å²) in [6.45, 7) is 2.14. The molecule has 19 heavy (non-hydrogen) atoms. The Balaban J connectivity index is 2.18. The van der Waals surface area contributed by atoms with Gasteiger partial charge in [0, 0.05) is 24.3 Å². The van der Waals surface area contributed by atoms with Crippen molar-refractivity contribution in [2.45, 2.75) is 51.5 Å². The number of rotatable bonds is 3. The van der Waals surface area contributed by atoms with Crippen molar-refractivity contribution in [3.63, 3.8) is 0 Å². The van der Waals surface area contributed by atoms with E-state index >= 15 is 0 Å². The van der Waals surface area contributed by atoms with E-state index < -0.39 is 0 Å². The van der Waals surface area contributed by atoms with Gasteiger partial charge in [0.15, 0.2) is 0 Å². The summed E-state index contributed by atoms with van der Waals surface area (Å²) in [5.74, 6) is 0. The van der Waals surface area contributed by atoms with Crippen LogP contribution in [0, 0.1) is 6.92 Å². The van der Waals surface area contributed by atoms with Crippen LogP contribution in [0.25, 0.3) is 0 Å². The molecule has 1 aromatic carbocycles. The Labute approximate surface area is 122 Å². The molecule has 1 fully saturated rings. The summed E-state index contributed by atoms with van der Waals surface area (Å²) in [7, 11) is 2.22. The average Bonchev–Trinajstić information content (AvgIpc) is 2.66. The zero-order valence-electron chi connectivity index (χ0n) is 12.0. The van der Waals surface area contributed by atoms with Gasteiger partial charge in [-0.05, 0) is 43.5 Å². The number of aryl methyl sites for hydroxylation is 1. The largest absolute Gasteiger partial charge is 0.389 e. The van der Waals surface area contributed by atoms with Gasteiger partial charge in [0.05, 0.1) is 0 Å². The van der Waals surface area contributed by atoms with Crippen molar-refractivity contribution in [1.29, 1.82) is 0 Å². The van der Waals surface area contributed by atoms with E-state index in [0.717, 1.165) is 5.56 Å². The molecule has 0 atom stereocenters. The highest BCUT2D eigenvalue weighted by atomic mass is 32.1. The first-order valence-corrected chi connectivity index (χ1v) is 7.63. The Morgan fingerprint density at radius 3 is 2.37 bits per heavy atom. The molecular formula is C16H24N2S. The van der Waals surface area contributed by atoms with E-state index in [0.29, 0.717) is 11.0 Å². The van der Waals surface area contributed by atoms with Crippen LogP contribution in [-0.2, 0) is 0 Å². The number of nitrogens with zero attached hydrogens (tertiary/aromatic N) is 1. The van der Waals surface area contributed by atoms with E-state index in [1.54, 1.807) is 0 Å². The molecule has 1 aromatic rings. The number of thiocarbonyl (C=S) groups is 1. The summed E-state index contributed by atoms with van der Waals surface area (Å²) in [6.07, 6.45) is 8.13. The molecular weight excluding hydrogens is 252 g/mol. The van der Waals surface area contributed by atoms with Gasteiger partial charge in [-0.15, -0.1) is 0 Å². The van der Waals surface area contributed by atoms with Gasteiger partial charge in [-0.3, -0.25) is 0 Å². The highest BCUT2D eigenvalue weighted by Gasteiger charge is 2.18. The second kappa shape index (κ2) is 6.38. The Bertz CT molecular complexity index is 448. The van der Waals surface area contributed by atoms with E-state index in [2.05, 4.69) is 31.0 Å². The fourth-order valence-corrected chi connectivity index (χ4v) is 3.17. The first-order valence-electron chi connectivity index (χ1n) is 7.23. The van der Waals surface area contributed by atoms with Crippen LogP contribution < -0.4 is 10.6 Å². The van der Waals surface area contributed by atoms with Crippen molar-refractivity contribution in [2.75, 3.05) is 11.9 Å². The number of benzene rings is 1. The minimum Gasteiger partial charge on any atom is -0.389 e. The Hall–Kier alpha value is -1.09. The van der Waals surface area contributed by atoms with Gasteiger partial charge in [-0.1, -0.05) is 37.9 Å². The zero-order valence-corrected chi connectivity index (χ0v) is 12.8. The molecule has 1 saturated carbocycles. The van der Waals surface area contributed by atoms with Gasteiger partial charge < -0.3 is 10.6 Å². The fraction of sp³-hybridized carbons (Fsp3) is 0.562. The van der Waals surface area contributed by atoms with Gasteiger partial charge in [0.1, 0.15) is 4.99 Å². The van der Waals surface area contributed by atoms with Crippen molar-refractivity contribution >= 4 is 22.9 Å². The van der Waals surface area contributed by atoms with Gasteiger partial charge in [0.2, 0.25) is 0 Å². The highest BCUT2D eigenvalue weighted by Crippen LogP contribution is 2.28. The molecule has 1 aliphatic carbocycles. The van der Waals surface area contributed by atoms with Crippen LogP contribution in [0.5, 0.6) is 0 Å². The van der Waals surface area contributed by atoms with Crippen LogP contribution in [0.1, 0.15) is 49.7 Å². The van der Waals surface area contributed by atoms with Gasteiger partial charge in [-0.25, -0.2) is 0 Å². The second-order valence-corrected chi connectivity index (χ2v) is 6.06. The lowest BCUT2D eigenvalue weighted by molar-refractivity contribution is 0.552. The summed E-state index contributed by atoms with van der Waals surface area (Å²) in [5.41, 5.74) is 9.23. The van der Waals surface area contributed by atoms with E-state index in [1.165, 1.54) is 49.8 Å². The molecule has 0 aliphatic heterocycles. The summed E-state index contributed by atoms with van der Waals surface area (Å²) in [4.78, 5) is 2.93. The third kappa shape index (κ3) is 3.47. The molecule has 0 heterocycles. The molecule has 1 aliphatic rings. The molecule has 3 heteroatoms. The van der Waals surface area contributed by atoms with Crippen molar-refractivity contribution in [3.05, 3.63) is 29.3 Å². The average molecular weight is 276 g/mol. The van der Waals surface area contributed by atoms with E-state index in [-0.39, 0.29) is 0 Å². The lowest BCUT2D eigenvalue weighted by Gasteiger charge is -2.30. The number of hydrogen-bond acceptors (Lipinski definition) is 2. The Morgan fingerprint density at radius 1 is 1.21 bits per heavy atom. The second-order valence-electron chi connectivity index (χ2n) is 5.62. The highest BCUT2D eigenvalue weighted by molar-refractivity contribution is 7.80. The summed E-state index contributed by atoms with van der Waals surface area (Å²) in [5, 5.41) is 0. The van der Waals surface area contributed by atoms with E-state index in [4.69, 9.17) is 18.0 Å². The molecule has 2 rings (SSSR count). The van der Waals surface area contributed by atoms with Crippen LogP contribution in [0.3, 0.4) is 0 Å². The van der Waals surface area contributed by atoms with E-state index in [9.17, 15) is 0 Å². The fourth-order valence-electron chi connectivity index (χ4n) is 3.05. The van der Waals surface area contributed by atoms with Crippen molar-refractivity contribution in [1.82, 2.24) is 0 Å². The normalized spacial score (nSPS) is 16.9. The van der Waals surface area contributed by atoms with Crippen LogP contribution >= 0.6 is 12.2 Å². The first kappa shape index (κ1) is 14.3. The molecule has 0 amide bonds. The minimum absolute atomic E-state index is 0.478. The van der Waals surface area contributed by atoms with Crippen molar-refractivity contribution in [2.24, 2.45) is 5.73 Å². The van der Waals surface area contributed by atoms with Crippen LogP contribution in [0.4, 0.5) is 5.69 Å². The molecule has 0 radical (unpaired) electrons. The molecule has 0 aromatic heterocycles. The minimum atomic E-state index is 0.478. The molecule has 2 N–H and O–H groups in total. The summed E-state index contributed by atoms with van der Waals surface area (Å²) in [6, 6.07) is 6.98. The quantitative estimate of drug-likeness (QED) is 0.673. The SMILES string of the molecule is Cc1cc(C(N)=S)ccc1N(C)C1CCCCCC1. The summed E-state index contributed by atoms with van der Waals surface area (Å²) < 4.78 is 0. The van der Waals surface area contributed by atoms with Gasteiger partial charge in [-0.2, -0.15) is 0 Å². The number of nitrogens with two attached hydrogens (primary N) is 1. The van der Waals surface area contributed by atoms with Crippen molar-refractivity contribution < 1.29 is 0 Å². The standard InChI is InChI=1S/C16H24N2S/c1-12-11-13(16(17)19)9-10-15(12)18(2)14-7-5-3-4-6-8-14/h9-11,14H,3-8H2,1-2H3,(H2,17,19). The first-order chi connectivity index (χ1) is 9.09. The van der Waals surface area contributed by atoms with Gasteiger partial charge in [0.25, 0.3) is 0 Å². The number of hydrogen-bond donors (Lipinski definition) is 1. The van der Waals surface area contributed by atoms with Crippen LogP contribution in [-0.4, -0.2) is 18.1 Å². The predicted octanol–water partition coefficient (Wildman–Crippen LogP) is 3.79. The number of anilines is 1. The maximum absolute atomic E-state index is 5.69. The predicted molar refractivity (Wildman–Crippen MR) is 87.0 cm³/mol. The summed E-state index contributed by atoms with van der Waals surface area (Å²) >= 11 is 5.04. The topological polar surface area (TPSA) is 29.3 Å². The zero-order chi connectivity index (χ0) is 13.8. The molecule has 0 unspecified atom stereocenters. The molecule has 104 valence electrons. The maximum Gasteiger partial charge on any atom is 0.103 e. The molecule has 0 bridgehead atoms. The molecule has 0 spiro atoms. The lowest BCUT2D eigenvalue weighted by atomic mass is 10.0. The Morgan fingerprint density at radius 2 is 1.84 bits per heavy atom. The van der Waals surface area contributed by atoms with Crippen LogP contribution in [0.2, 0.25) is 0 Å². The third-order valence-corrected chi connectivity index (χ3v) is 4.47. The van der Waals surface area contributed by atoms with E-state index in [1.807, 2.05) is 6.07 Å². The maximum atomic E-state index is 5.69. The van der Waals surface area contributed by atoms with Gasteiger partial charge >= 0.3 is 0 Å². The monoisotopic (exact) mass is 276 g/mol.